The molecule has 0 aliphatic carbocycles. The number of carbonyl (C=O) groups excluding carboxylic acids is 3. The molecule has 9 nitrogen and oxygen atoms in total. The number of hydrogen-bond donors (Lipinski definition) is 6. The van der Waals surface area contributed by atoms with E-state index in [-0.39, 0.29) is 23.6 Å². The second kappa shape index (κ2) is 10.2. The van der Waals surface area contributed by atoms with Crippen LogP contribution in [0.1, 0.15) is 26.7 Å². The Morgan fingerprint density at radius 1 is 1.20 bits per heavy atom. The first-order valence-electron chi connectivity index (χ1n) is 8.20. The summed E-state index contributed by atoms with van der Waals surface area (Å²) in [5.41, 5.74) is 0. The number of carbonyl (C=O) groups is 4. The van der Waals surface area contributed by atoms with Crippen molar-refractivity contribution in [2.45, 2.75) is 44.8 Å². The van der Waals surface area contributed by atoms with Crippen LogP contribution in [0, 0.1) is 5.92 Å². The van der Waals surface area contributed by atoms with E-state index < -0.39 is 36.4 Å². The highest BCUT2D eigenvalue weighted by Gasteiger charge is 2.30. The van der Waals surface area contributed by atoms with E-state index in [1.54, 1.807) is 13.8 Å². The molecule has 0 saturated carbocycles. The number of hydrogen-bond acceptors (Lipinski definition) is 6. The van der Waals surface area contributed by atoms with Gasteiger partial charge in [-0.25, -0.2) is 0 Å². The van der Waals surface area contributed by atoms with Gasteiger partial charge in [-0.2, -0.15) is 12.6 Å². The molecule has 0 spiro atoms. The molecule has 0 aromatic rings. The second-order valence-electron chi connectivity index (χ2n) is 6.23. The lowest BCUT2D eigenvalue weighted by atomic mass is 10.0. The van der Waals surface area contributed by atoms with Crippen LogP contribution in [0.4, 0.5) is 0 Å². The molecule has 1 heterocycles. The number of nitrogens with one attached hydrogen (secondary N) is 4. The van der Waals surface area contributed by atoms with Crippen LogP contribution in [0.3, 0.4) is 0 Å². The molecule has 142 valence electrons. The fourth-order valence-electron chi connectivity index (χ4n) is 2.44. The first kappa shape index (κ1) is 21.2. The minimum atomic E-state index is -1.17. The minimum Gasteiger partial charge on any atom is -0.480 e. The molecule has 0 aromatic heterocycles. The summed E-state index contributed by atoms with van der Waals surface area (Å²) in [6, 6.07) is -2.11. The molecule has 0 aromatic carbocycles. The van der Waals surface area contributed by atoms with Gasteiger partial charge >= 0.3 is 5.97 Å². The van der Waals surface area contributed by atoms with Crippen LogP contribution in [0.2, 0.25) is 0 Å². The maximum absolute atomic E-state index is 12.4. The molecule has 10 heteroatoms. The third-order valence-corrected chi connectivity index (χ3v) is 4.22. The van der Waals surface area contributed by atoms with E-state index >= 15 is 0 Å². The highest BCUT2D eigenvalue weighted by atomic mass is 32.1. The van der Waals surface area contributed by atoms with Crippen LogP contribution in [-0.4, -0.2) is 65.8 Å². The molecule has 5 N–H and O–H groups in total. The third kappa shape index (κ3) is 6.91. The molecule has 1 rings (SSSR count). The summed E-state index contributed by atoms with van der Waals surface area (Å²) in [6.45, 7) is 3.68. The van der Waals surface area contributed by atoms with E-state index in [0.29, 0.717) is 6.42 Å². The van der Waals surface area contributed by atoms with Gasteiger partial charge < -0.3 is 26.4 Å². The molecule has 1 saturated heterocycles. The van der Waals surface area contributed by atoms with E-state index in [4.69, 9.17) is 5.11 Å². The summed E-state index contributed by atoms with van der Waals surface area (Å²) < 4.78 is 0. The number of carboxylic acids is 1. The standard InChI is InChI=1S/C15H26N4O5S/c1-8(2)12(15(24)17-6-11(20)21)19-14(23)10(7-25)18-13(22)9-4-3-5-16-9/h8-10,12,16,25H,3-7H2,1-2H3,(H,17,24)(H,18,22)(H,19,23)(H,20,21). The van der Waals surface area contributed by atoms with Crippen molar-refractivity contribution in [1.29, 1.82) is 0 Å². The van der Waals surface area contributed by atoms with Crippen LogP contribution >= 0.6 is 12.6 Å². The van der Waals surface area contributed by atoms with Gasteiger partial charge in [-0.05, 0) is 25.3 Å². The Hall–Kier alpha value is -1.81. The van der Waals surface area contributed by atoms with Crippen LogP contribution in [0.25, 0.3) is 0 Å². The highest BCUT2D eigenvalue weighted by molar-refractivity contribution is 7.80. The van der Waals surface area contributed by atoms with Crippen LogP contribution in [0.5, 0.6) is 0 Å². The molecule has 3 atom stereocenters. The van der Waals surface area contributed by atoms with Gasteiger partial charge in [0.1, 0.15) is 18.6 Å². The van der Waals surface area contributed by atoms with Crippen LogP contribution in [-0.2, 0) is 19.2 Å². The zero-order valence-electron chi connectivity index (χ0n) is 14.4. The number of aliphatic carboxylic acids is 1. The van der Waals surface area contributed by atoms with Gasteiger partial charge in [-0.1, -0.05) is 13.8 Å². The Kier molecular flexibility index (Phi) is 8.70. The van der Waals surface area contributed by atoms with E-state index in [0.717, 1.165) is 13.0 Å². The lowest BCUT2D eigenvalue weighted by molar-refractivity contribution is -0.138. The third-order valence-electron chi connectivity index (χ3n) is 3.85. The van der Waals surface area contributed by atoms with Gasteiger partial charge in [-0.3, -0.25) is 19.2 Å². The fraction of sp³-hybridized carbons (Fsp3) is 0.733. The second-order valence-corrected chi connectivity index (χ2v) is 6.60. The minimum absolute atomic E-state index is 0.0753. The van der Waals surface area contributed by atoms with Gasteiger partial charge in [-0.15, -0.1) is 0 Å². The molecule has 1 aliphatic rings. The Balaban J connectivity index is 2.64. The maximum Gasteiger partial charge on any atom is 0.322 e. The van der Waals surface area contributed by atoms with Crippen molar-refractivity contribution in [2.75, 3.05) is 18.8 Å². The summed E-state index contributed by atoms with van der Waals surface area (Å²) in [4.78, 5) is 47.1. The predicted octanol–water partition coefficient (Wildman–Crippen LogP) is -1.51. The molecule has 3 amide bonds. The summed E-state index contributed by atoms with van der Waals surface area (Å²) in [7, 11) is 0. The van der Waals surface area contributed by atoms with Gasteiger partial charge in [0.2, 0.25) is 17.7 Å². The molecule has 1 aliphatic heterocycles. The SMILES string of the molecule is CC(C)C(NC(=O)C(CS)NC(=O)C1CCCN1)C(=O)NCC(=O)O. The molecule has 0 radical (unpaired) electrons. The summed E-state index contributed by atoms with van der Waals surface area (Å²) in [5.74, 6) is -2.76. The number of amides is 3. The van der Waals surface area contributed by atoms with E-state index in [1.165, 1.54) is 0 Å². The zero-order valence-corrected chi connectivity index (χ0v) is 15.3. The normalized spacial score (nSPS) is 19.1. The first-order valence-corrected chi connectivity index (χ1v) is 8.84. The summed E-state index contributed by atoms with van der Waals surface area (Å²) >= 11 is 4.09. The zero-order chi connectivity index (χ0) is 19.0. The number of thiol groups is 1. The van der Waals surface area contributed by atoms with Crippen molar-refractivity contribution in [3.05, 3.63) is 0 Å². The number of rotatable bonds is 9. The van der Waals surface area contributed by atoms with E-state index in [2.05, 4.69) is 33.9 Å². The van der Waals surface area contributed by atoms with Gasteiger partial charge in [0.05, 0.1) is 6.04 Å². The monoisotopic (exact) mass is 374 g/mol. The Labute approximate surface area is 152 Å². The van der Waals surface area contributed by atoms with Crippen molar-refractivity contribution in [3.8, 4) is 0 Å². The van der Waals surface area contributed by atoms with Crippen molar-refractivity contribution in [3.63, 3.8) is 0 Å². The lowest BCUT2D eigenvalue weighted by Crippen LogP contribution is -2.57. The van der Waals surface area contributed by atoms with Gasteiger partial charge in [0.25, 0.3) is 0 Å². The molecule has 1 fully saturated rings. The van der Waals surface area contributed by atoms with Crippen molar-refractivity contribution >= 4 is 36.3 Å². The van der Waals surface area contributed by atoms with E-state index in [1.807, 2.05) is 0 Å². The van der Waals surface area contributed by atoms with Crippen LogP contribution in [0.15, 0.2) is 0 Å². The van der Waals surface area contributed by atoms with Crippen molar-refractivity contribution in [1.82, 2.24) is 21.3 Å². The lowest BCUT2D eigenvalue weighted by Gasteiger charge is -2.25. The van der Waals surface area contributed by atoms with Gasteiger partial charge in [0, 0.05) is 5.75 Å². The Morgan fingerprint density at radius 2 is 1.88 bits per heavy atom. The molecular formula is C15H26N4O5S. The first-order chi connectivity index (χ1) is 11.8. The molecular weight excluding hydrogens is 348 g/mol. The summed E-state index contributed by atoms with van der Waals surface area (Å²) in [5, 5.41) is 19.1. The molecule has 25 heavy (non-hydrogen) atoms. The quantitative estimate of drug-likeness (QED) is 0.272. The van der Waals surface area contributed by atoms with Crippen LogP contribution < -0.4 is 21.3 Å². The number of carboxylic acid groups (broad SMARTS) is 1. The molecule has 0 bridgehead atoms. The van der Waals surface area contributed by atoms with Crippen molar-refractivity contribution < 1.29 is 24.3 Å². The smallest absolute Gasteiger partial charge is 0.322 e. The van der Waals surface area contributed by atoms with Crippen molar-refractivity contribution in [2.24, 2.45) is 5.92 Å². The molecule has 3 unspecified atom stereocenters. The maximum atomic E-state index is 12.4. The topological polar surface area (TPSA) is 137 Å². The fourth-order valence-corrected chi connectivity index (χ4v) is 2.69. The predicted molar refractivity (Wildman–Crippen MR) is 94.2 cm³/mol. The van der Waals surface area contributed by atoms with E-state index in [9.17, 15) is 19.2 Å². The largest absolute Gasteiger partial charge is 0.480 e. The average Bonchev–Trinajstić information content (AvgIpc) is 3.09. The Morgan fingerprint density at radius 3 is 2.36 bits per heavy atom. The van der Waals surface area contributed by atoms with Gasteiger partial charge in [0.15, 0.2) is 0 Å². The highest BCUT2D eigenvalue weighted by Crippen LogP contribution is 2.06. The Bertz CT molecular complexity index is 508. The summed E-state index contributed by atoms with van der Waals surface area (Å²) in [6.07, 6.45) is 1.61. The average molecular weight is 374 g/mol.